The molecule has 21 heavy (non-hydrogen) atoms. The van der Waals surface area contributed by atoms with Gasteiger partial charge in [0.15, 0.2) is 0 Å². The Labute approximate surface area is 124 Å². The van der Waals surface area contributed by atoms with E-state index in [4.69, 9.17) is 10.5 Å². The molecule has 5 nitrogen and oxygen atoms in total. The van der Waals surface area contributed by atoms with Gasteiger partial charge in [0.1, 0.15) is 5.75 Å². The van der Waals surface area contributed by atoms with E-state index in [0.29, 0.717) is 17.9 Å². The SMILES string of the molecule is COc1ccccc1CNC(=O)Nc1cc(C)ccc1N. The van der Waals surface area contributed by atoms with E-state index in [1.54, 1.807) is 13.2 Å². The largest absolute Gasteiger partial charge is 0.496 e. The van der Waals surface area contributed by atoms with Gasteiger partial charge in [0.25, 0.3) is 0 Å². The van der Waals surface area contributed by atoms with Crippen molar-refractivity contribution < 1.29 is 9.53 Å². The second-order valence-electron chi connectivity index (χ2n) is 4.71. The lowest BCUT2D eigenvalue weighted by Gasteiger charge is -2.12. The molecule has 0 aliphatic heterocycles. The van der Waals surface area contributed by atoms with Crippen molar-refractivity contribution in [3.63, 3.8) is 0 Å². The number of benzene rings is 2. The van der Waals surface area contributed by atoms with Crippen molar-refractivity contribution in [2.24, 2.45) is 0 Å². The van der Waals surface area contributed by atoms with E-state index in [9.17, 15) is 4.79 Å². The number of anilines is 2. The van der Waals surface area contributed by atoms with Gasteiger partial charge in [-0.05, 0) is 30.7 Å². The minimum absolute atomic E-state index is 0.307. The zero-order valence-electron chi connectivity index (χ0n) is 12.1. The summed E-state index contributed by atoms with van der Waals surface area (Å²) in [4.78, 5) is 11.9. The third kappa shape index (κ3) is 3.89. The first-order valence-electron chi connectivity index (χ1n) is 6.63. The Morgan fingerprint density at radius 3 is 2.76 bits per heavy atom. The van der Waals surface area contributed by atoms with Gasteiger partial charge in [-0.15, -0.1) is 0 Å². The molecule has 0 heterocycles. The quantitative estimate of drug-likeness (QED) is 0.756. The number of carbonyl (C=O) groups is 1. The van der Waals surface area contributed by atoms with Crippen molar-refractivity contribution in [3.8, 4) is 5.75 Å². The minimum atomic E-state index is -0.307. The number of nitrogens with one attached hydrogen (secondary N) is 2. The van der Waals surface area contributed by atoms with E-state index < -0.39 is 0 Å². The molecule has 2 aromatic carbocycles. The molecule has 0 fully saturated rings. The molecule has 0 atom stereocenters. The number of hydrogen-bond acceptors (Lipinski definition) is 3. The van der Waals surface area contributed by atoms with Gasteiger partial charge >= 0.3 is 6.03 Å². The van der Waals surface area contributed by atoms with Crippen LogP contribution in [0.2, 0.25) is 0 Å². The van der Waals surface area contributed by atoms with Crippen LogP contribution in [-0.2, 0) is 6.54 Å². The molecule has 0 bridgehead atoms. The number of methoxy groups -OCH3 is 1. The maximum atomic E-state index is 11.9. The summed E-state index contributed by atoms with van der Waals surface area (Å²) in [7, 11) is 1.60. The lowest BCUT2D eigenvalue weighted by atomic mass is 10.2. The number of hydrogen-bond donors (Lipinski definition) is 3. The molecule has 0 unspecified atom stereocenters. The molecule has 2 amide bonds. The van der Waals surface area contributed by atoms with Gasteiger partial charge in [-0.2, -0.15) is 0 Å². The second kappa shape index (κ2) is 6.65. The van der Waals surface area contributed by atoms with E-state index in [2.05, 4.69) is 10.6 Å². The first-order chi connectivity index (χ1) is 10.1. The van der Waals surface area contributed by atoms with Crippen LogP contribution in [0.15, 0.2) is 42.5 Å². The molecule has 0 radical (unpaired) electrons. The van der Waals surface area contributed by atoms with Gasteiger partial charge in [0.2, 0.25) is 0 Å². The van der Waals surface area contributed by atoms with Crippen molar-refractivity contribution in [3.05, 3.63) is 53.6 Å². The molecule has 5 heteroatoms. The number of aryl methyl sites for hydroxylation is 1. The number of carbonyl (C=O) groups excluding carboxylic acids is 1. The predicted octanol–water partition coefficient (Wildman–Crippen LogP) is 2.91. The summed E-state index contributed by atoms with van der Waals surface area (Å²) in [5.74, 6) is 0.743. The molecule has 0 aliphatic carbocycles. The topological polar surface area (TPSA) is 76.4 Å². The Morgan fingerprint density at radius 2 is 2.00 bits per heavy atom. The van der Waals surface area contributed by atoms with Crippen LogP contribution in [-0.4, -0.2) is 13.1 Å². The molecule has 0 aromatic heterocycles. The van der Waals surface area contributed by atoms with Crippen LogP contribution in [0.5, 0.6) is 5.75 Å². The Kier molecular flexibility index (Phi) is 4.66. The highest BCUT2D eigenvalue weighted by molar-refractivity contribution is 5.92. The van der Waals surface area contributed by atoms with E-state index in [1.165, 1.54) is 0 Å². The highest BCUT2D eigenvalue weighted by Crippen LogP contribution is 2.20. The maximum absolute atomic E-state index is 11.9. The first-order valence-corrected chi connectivity index (χ1v) is 6.63. The zero-order chi connectivity index (χ0) is 15.2. The number of nitrogens with two attached hydrogens (primary N) is 1. The third-order valence-corrected chi connectivity index (χ3v) is 3.09. The number of urea groups is 1. The normalized spacial score (nSPS) is 10.0. The predicted molar refractivity (Wildman–Crippen MR) is 84.4 cm³/mol. The van der Waals surface area contributed by atoms with E-state index in [1.807, 2.05) is 43.3 Å². The third-order valence-electron chi connectivity index (χ3n) is 3.09. The second-order valence-corrected chi connectivity index (χ2v) is 4.71. The highest BCUT2D eigenvalue weighted by Gasteiger charge is 2.07. The summed E-state index contributed by atoms with van der Waals surface area (Å²) in [6, 6.07) is 12.7. The summed E-state index contributed by atoms with van der Waals surface area (Å²) in [6.07, 6.45) is 0. The fourth-order valence-electron chi connectivity index (χ4n) is 1.97. The van der Waals surface area contributed by atoms with Gasteiger partial charge < -0.3 is 21.1 Å². The fourth-order valence-corrected chi connectivity index (χ4v) is 1.97. The van der Waals surface area contributed by atoms with Crippen molar-refractivity contribution in [2.45, 2.75) is 13.5 Å². The summed E-state index contributed by atoms with van der Waals surface area (Å²) in [5.41, 5.74) is 8.91. The van der Waals surface area contributed by atoms with Crippen LogP contribution in [0.4, 0.5) is 16.2 Å². The first kappa shape index (κ1) is 14.7. The van der Waals surface area contributed by atoms with E-state index in [0.717, 1.165) is 16.9 Å². The molecule has 4 N–H and O–H groups in total. The summed E-state index contributed by atoms with van der Waals surface area (Å²) in [5, 5.41) is 5.53. The molecule has 2 aromatic rings. The van der Waals surface area contributed by atoms with Gasteiger partial charge in [0, 0.05) is 12.1 Å². The van der Waals surface area contributed by atoms with Crippen LogP contribution in [0, 0.1) is 6.92 Å². The number of para-hydroxylation sites is 1. The van der Waals surface area contributed by atoms with Gasteiger partial charge in [0.05, 0.1) is 18.5 Å². The maximum Gasteiger partial charge on any atom is 0.319 e. The average Bonchev–Trinajstić information content (AvgIpc) is 2.49. The lowest BCUT2D eigenvalue weighted by Crippen LogP contribution is -2.28. The molecule has 0 saturated carbocycles. The van der Waals surface area contributed by atoms with Crippen LogP contribution in [0.3, 0.4) is 0 Å². The number of amides is 2. The molecule has 0 spiro atoms. The number of ether oxygens (including phenoxy) is 1. The number of rotatable bonds is 4. The number of nitrogen functional groups attached to an aromatic ring is 1. The summed E-state index contributed by atoms with van der Waals surface area (Å²) in [6.45, 7) is 2.32. The molecule has 2 rings (SSSR count). The Bertz CT molecular complexity index is 641. The fraction of sp³-hybridized carbons (Fsp3) is 0.188. The van der Waals surface area contributed by atoms with Crippen LogP contribution in [0.1, 0.15) is 11.1 Å². The van der Waals surface area contributed by atoms with Gasteiger partial charge in [-0.25, -0.2) is 4.79 Å². The van der Waals surface area contributed by atoms with Crippen molar-refractivity contribution in [2.75, 3.05) is 18.2 Å². The molecular formula is C16H19N3O2. The Morgan fingerprint density at radius 1 is 1.24 bits per heavy atom. The van der Waals surface area contributed by atoms with E-state index in [-0.39, 0.29) is 6.03 Å². The average molecular weight is 285 g/mol. The Balaban J connectivity index is 1.97. The summed E-state index contributed by atoms with van der Waals surface area (Å²) < 4.78 is 5.24. The Hall–Kier alpha value is -2.69. The van der Waals surface area contributed by atoms with Crippen molar-refractivity contribution in [1.82, 2.24) is 5.32 Å². The highest BCUT2D eigenvalue weighted by atomic mass is 16.5. The van der Waals surface area contributed by atoms with Crippen LogP contribution >= 0.6 is 0 Å². The molecule has 0 saturated heterocycles. The zero-order valence-corrected chi connectivity index (χ0v) is 12.1. The molecule has 0 aliphatic rings. The van der Waals surface area contributed by atoms with Gasteiger partial charge in [-0.3, -0.25) is 0 Å². The standard InChI is InChI=1S/C16H19N3O2/c1-11-7-8-13(17)14(9-11)19-16(20)18-10-12-5-3-4-6-15(12)21-2/h3-9H,10,17H2,1-2H3,(H2,18,19,20). The van der Waals surface area contributed by atoms with Crippen molar-refractivity contribution >= 4 is 17.4 Å². The lowest BCUT2D eigenvalue weighted by molar-refractivity contribution is 0.251. The smallest absolute Gasteiger partial charge is 0.319 e. The monoisotopic (exact) mass is 285 g/mol. The van der Waals surface area contributed by atoms with Crippen molar-refractivity contribution in [1.29, 1.82) is 0 Å². The molecule has 110 valence electrons. The van der Waals surface area contributed by atoms with Gasteiger partial charge in [-0.1, -0.05) is 24.3 Å². The van der Waals surface area contributed by atoms with E-state index >= 15 is 0 Å². The van der Waals surface area contributed by atoms with Crippen LogP contribution in [0.25, 0.3) is 0 Å². The molecular weight excluding hydrogens is 266 g/mol. The summed E-state index contributed by atoms with van der Waals surface area (Å²) >= 11 is 0. The minimum Gasteiger partial charge on any atom is -0.496 e. The van der Waals surface area contributed by atoms with Crippen LogP contribution < -0.4 is 21.1 Å².